The second-order valence-electron chi connectivity index (χ2n) is 5.43. The molecule has 2 N–H and O–H groups in total. The van der Waals surface area contributed by atoms with Crippen LogP contribution in [0.15, 0.2) is 12.1 Å². The maximum absolute atomic E-state index is 6.22. The van der Waals surface area contributed by atoms with Crippen molar-refractivity contribution in [2.24, 2.45) is 5.92 Å². The molecular formula is C15H23ClN2. The van der Waals surface area contributed by atoms with Crippen molar-refractivity contribution in [3.05, 3.63) is 28.3 Å². The van der Waals surface area contributed by atoms with Crippen LogP contribution in [-0.2, 0) is 5.41 Å². The lowest BCUT2D eigenvalue weighted by Crippen LogP contribution is -2.23. The van der Waals surface area contributed by atoms with Crippen molar-refractivity contribution >= 4 is 17.3 Å². The Labute approximate surface area is 115 Å². The summed E-state index contributed by atoms with van der Waals surface area (Å²) in [6, 6.07) is 3.98. The van der Waals surface area contributed by atoms with Crippen LogP contribution >= 0.6 is 11.6 Å². The topological polar surface area (TPSA) is 29.3 Å². The fraction of sp³-hybridized carbons (Fsp3) is 0.600. The standard InChI is InChI=1S/C13H17ClN2.C2H6/c1-8-11(3-10(15)4-12(8)14)13-5-9(13)6-16(2)7-13;1-2/h3-4,9H,5-7,15H2,1-2H3;1-2H3. The minimum Gasteiger partial charge on any atom is -0.399 e. The zero-order chi connectivity index (χ0) is 13.5. The van der Waals surface area contributed by atoms with Crippen LogP contribution in [0.2, 0.25) is 5.02 Å². The van der Waals surface area contributed by atoms with Crippen LogP contribution in [0.1, 0.15) is 31.4 Å². The highest BCUT2D eigenvalue weighted by molar-refractivity contribution is 6.31. The summed E-state index contributed by atoms with van der Waals surface area (Å²) in [4.78, 5) is 2.41. The molecule has 0 amide bonds. The Hall–Kier alpha value is -0.730. The number of likely N-dealkylation sites (N-methyl/N-ethyl adjacent to an activating group) is 1. The lowest BCUT2D eigenvalue weighted by molar-refractivity contribution is 0.363. The van der Waals surface area contributed by atoms with Crippen LogP contribution < -0.4 is 5.73 Å². The predicted molar refractivity (Wildman–Crippen MR) is 79.2 cm³/mol. The van der Waals surface area contributed by atoms with Gasteiger partial charge in [-0.15, -0.1) is 0 Å². The van der Waals surface area contributed by atoms with Gasteiger partial charge < -0.3 is 10.6 Å². The van der Waals surface area contributed by atoms with E-state index in [2.05, 4.69) is 24.9 Å². The molecule has 3 rings (SSSR count). The molecule has 0 aromatic heterocycles. The normalized spacial score (nSPS) is 29.5. The van der Waals surface area contributed by atoms with Gasteiger partial charge >= 0.3 is 0 Å². The molecule has 1 aliphatic carbocycles. The maximum Gasteiger partial charge on any atom is 0.0458 e. The van der Waals surface area contributed by atoms with E-state index >= 15 is 0 Å². The number of fused-ring (bicyclic) bond motifs is 1. The molecule has 18 heavy (non-hydrogen) atoms. The van der Waals surface area contributed by atoms with Gasteiger partial charge in [0.2, 0.25) is 0 Å². The van der Waals surface area contributed by atoms with Crippen molar-refractivity contribution in [3.63, 3.8) is 0 Å². The molecule has 0 radical (unpaired) electrons. The molecule has 0 spiro atoms. The van der Waals surface area contributed by atoms with Gasteiger partial charge in [0.05, 0.1) is 0 Å². The maximum atomic E-state index is 6.22. The Balaban J connectivity index is 0.000000574. The molecule has 1 heterocycles. The van der Waals surface area contributed by atoms with Gasteiger partial charge in [-0.1, -0.05) is 25.4 Å². The molecule has 100 valence electrons. The SMILES string of the molecule is CC.Cc1c(Cl)cc(N)cc1C12CC1CN(C)C2. The Bertz CT molecular complexity index is 458. The van der Waals surface area contributed by atoms with E-state index in [-0.39, 0.29) is 0 Å². The Morgan fingerprint density at radius 2 is 2.06 bits per heavy atom. The first kappa shape index (κ1) is 13.7. The zero-order valence-electron chi connectivity index (χ0n) is 11.8. The molecule has 1 aromatic carbocycles. The van der Waals surface area contributed by atoms with E-state index in [9.17, 15) is 0 Å². The molecule has 2 aliphatic rings. The number of hydrogen-bond acceptors (Lipinski definition) is 2. The van der Waals surface area contributed by atoms with Gasteiger partial charge in [0.1, 0.15) is 0 Å². The van der Waals surface area contributed by atoms with Gasteiger partial charge in [-0.05, 0) is 49.6 Å². The third kappa shape index (κ3) is 2.02. The number of nitrogen functional groups attached to an aromatic ring is 1. The lowest BCUT2D eigenvalue weighted by atomic mass is 9.90. The molecule has 2 nitrogen and oxygen atoms in total. The zero-order valence-corrected chi connectivity index (χ0v) is 12.5. The third-order valence-corrected chi connectivity index (χ3v) is 4.61. The fourth-order valence-electron chi connectivity index (χ4n) is 3.37. The minimum atomic E-state index is 0.359. The van der Waals surface area contributed by atoms with Crippen molar-refractivity contribution in [2.45, 2.75) is 32.6 Å². The smallest absolute Gasteiger partial charge is 0.0458 e. The summed E-state index contributed by atoms with van der Waals surface area (Å²) in [6.45, 7) is 8.48. The highest BCUT2D eigenvalue weighted by Gasteiger charge is 2.60. The van der Waals surface area contributed by atoms with E-state index in [0.29, 0.717) is 5.41 Å². The summed E-state index contributed by atoms with van der Waals surface area (Å²) >= 11 is 6.22. The van der Waals surface area contributed by atoms with Crippen LogP contribution in [-0.4, -0.2) is 25.0 Å². The molecule has 3 heteroatoms. The number of nitrogens with two attached hydrogens (primary N) is 1. The Kier molecular flexibility index (Phi) is 3.61. The summed E-state index contributed by atoms with van der Waals surface area (Å²) in [5.74, 6) is 0.814. The first-order valence-electron chi connectivity index (χ1n) is 6.77. The molecular weight excluding hydrogens is 244 g/mol. The van der Waals surface area contributed by atoms with Crippen molar-refractivity contribution in [3.8, 4) is 0 Å². The van der Waals surface area contributed by atoms with Crippen molar-refractivity contribution in [2.75, 3.05) is 25.9 Å². The highest BCUT2D eigenvalue weighted by atomic mass is 35.5. The van der Waals surface area contributed by atoms with Gasteiger partial charge in [0, 0.05) is 29.2 Å². The van der Waals surface area contributed by atoms with E-state index in [1.165, 1.54) is 24.1 Å². The molecule has 1 aromatic rings. The molecule has 1 aliphatic heterocycles. The molecule has 0 bridgehead atoms. The summed E-state index contributed by atoms with van der Waals surface area (Å²) in [5.41, 5.74) is 9.66. The molecule has 1 saturated carbocycles. The Morgan fingerprint density at radius 1 is 1.39 bits per heavy atom. The number of anilines is 1. The average molecular weight is 267 g/mol. The van der Waals surface area contributed by atoms with Gasteiger partial charge in [-0.3, -0.25) is 0 Å². The van der Waals surface area contributed by atoms with Crippen molar-refractivity contribution in [1.29, 1.82) is 0 Å². The number of piperidine rings is 1. The molecule has 2 atom stereocenters. The van der Waals surface area contributed by atoms with Crippen LogP contribution in [0.25, 0.3) is 0 Å². The first-order valence-corrected chi connectivity index (χ1v) is 7.15. The second kappa shape index (κ2) is 4.75. The van der Waals surface area contributed by atoms with Crippen molar-refractivity contribution < 1.29 is 0 Å². The number of hydrogen-bond donors (Lipinski definition) is 1. The van der Waals surface area contributed by atoms with Gasteiger partial charge in [-0.2, -0.15) is 0 Å². The minimum absolute atomic E-state index is 0.359. The van der Waals surface area contributed by atoms with E-state index in [1.54, 1.807) is 0 Å². The lowest BCUT2D eigenvalue weighted by Gasteiger charge is -2.20. The Morgan fingerprint density at radius 3 is 2.61 bits per heavy atom. The molecule has 2 fully saturated rings. The largest absolute Gasteiger partial charge is 0.399 e. The third-order valence-electron chi connectivity index (χ3n) is 4.22. The van der Waals surface area contributed by atoms with E-state index in [1.807, 2.05) is 19.9 Å². The summed E-state index contributed by atoms with van der Waals surface area (Å²) < 4.78 is 0. The monoisotopic (exact) mass is 266 g/mol. The number of nitrogens with zero attached hydrogens (tertiary/aromatic N) is 1. The van der Waals surface area contributed by atoms with Crippen molar-refractivity contribution in [1.82, 2.24) is 4.90 Å². The molecule has 2 unspecified atom stereocenters. The average Bonchev–Trinajstić information content (AvgIpc) is 2.90. The first-order chi connectivity index (χ1) is 8.53. The van der Waals surface area contributed by atoms with Gasteiger partial charge in [0.25, 0.3) is 0 Å². The van der Waals surface area contributed by atoms with E-state index in [4.69, 9.17) is 17.3 Å². The highest BCUT2D eigenvalue weighted by Crippen LogP contribution is 2.60. The van der Waals surface area contributed by atoms with Crippen LogP contribution in [0.4, 0.5) is 5.69 Å². The second-order valence-corrected chi connectivity index (χ2v) is 5.84. The summed E-state index contributed by atoms with van der Waals surface area (Å²) in [7, 11) is 2.19. The fourth-order valence-corrected chi connectivity index (χ4v) is 3.60. The van der Waals surface area contributed by atoms with Crippen LogP contribution in [0.3, 0.4) is 0 Å². The number of rotatable bonds is 1. The van der Waals surface area contributed by atoms with E-state index < -0.39 is 0 Å². The van der Waals surface area contributed by atoms with Gasteiger partial charge in [-0.25, -0.2) is 0 Å². The van der Waals surface area contributed by atoms with Crippen LogP contribution in [0, 0.1) is 12.8 Å². The summed E-state index contributed by atoms with van der Waals surface area (Å²) in [5, 5.41) is 0.810. The predicted octanol–water partition coefficient (Wildman–Crippen LogP) is 3.46. The summed E-state index contributed by atoms with van der Waals surface area (Å²) in [6.07, 6.45) is 1.30. The van der Waals surface area contributed by atoms with Gasteiger partial charge in [0.15, 0.2) is 0 Å². The number of halogens is 1. The number of likely N-dealkylation sites (tertiary alicyclic amines) is 1. The van der Waals surface area contributed by atoms with Crippen LogP contribution in [0.5, 0.6) is 0 Å². The quantitative estimate of drug-likeness (QED) is 0.789. The molecule has 1 saturated heterocycles. The number of benzene rings is 1. The van der Waals surface area contributed by atoms with E-state index in [0.717, 1.165) is 23.2 Å².